The van der Waals surface area contributed by atoms with Gasteiger partial charge < -0.3 is 10.7 Å². The van der Waals surface area contributed by atoms with Crippen LogP contribution >= 0.6 is 0 Å². The summed E-state index contributed by atoms with van der Waals surface area (Å²) in [5, 5.41) is 4.71. The number of benzene rings is 4. The Labute approximate surface area is 266 Å². The number of aryl methyl sites for hydroxylation is 2. The number of ketones is 1. The van der Waals surface area contributed by atoms with E-state index in [0.717, 1.165) is 38.5 Å². The average molecular weight is 655 g/mol. The lowest BCUT2D eigenvalue weighted by atomic mass is 10.0. The van der Waals surface area contributed by atoms with Crippen molar-refractivity contribution in [3.05, 3.63) is 125 Å². The van der Waals surface area contributed by atoms with Crippen LogP contribution in [0, 0.1) is 13.8 Å². The molecular weight excluding hydrogens is 629 g/mol. The number of aromatic nitrogens is 5. The van der Waals surface area contributed by atoms with Crippen molar-refractivity contribution >= 4 is 43.6 Å². The van der Waals surface area contributed by atoms with E-state index < -0.39 is 27.5 Å². The molecule has 7 aromatic rings. The molecule has 0 saturated carbocycles. The fraction of sp³-hybridized carbons (Fsp3) is 0.0882. The normalized spacial score (nSPS) is 12.3. The number of hydrogen-bond donors (Lipinski definition) is 2. The zero-order valence-electron chi connectivity index (χ0n) is 24.9. The third kappa shape index (κ3) is 5.14. The molecule has 4 aromatic carbocycles. The lowest BCUT2D eigenvalue weighted by molar-refractivity contribution is -0.137. The van der Waals surface area contributed by atoms with Gasteiger partial charge in [0.2, 0.25) is 5.78 Å². The molecule has 0 spiro atoms. The topological polar surface area (TPSA) is 129 Å². The number of aromatic amines is 1. The Balaban J connectivity index is 1.40. The van der Waals surface area contributed by atoms with Gasteiger partial charge >= 0.3 is 6.18 Å². The maximum Gasteiger partial charge on any atom is 0.416 e. The van der Waals surface area contributed by atoms with Gasteiger partial charge in [0, 0.05) is 5.39 Å². The summed E-state index contributed by atoms with van der Waals surface area (Å²) in [6.07, 6.45) is -3.29. The summed E-state index contributed by atoms with van der Waals surface area (Å²) in [5.41, 5.74) is 8.88. The highest BCUT2D eigenvalue weighted by molar-refractivity contribution is 7.90. The molecule has 0 unspecified atom stereocenters. The molecule has 0 aliphatic carbocycles. The second kappa shape index (κ2) is 10.7. The van der Waals surface area contributed by atoms with Crippen molar-refractivity contribution in [3.8, 4) is 16.8 Å². The first kappa shape index (κ1) is 30.0. The van der Waals surface area contributed by atoms with Crippen LogP contribution in [0.3, 0.4) is 0 Å². The molecule has 0 atom stereocenters. The first-order valence-electron chi connectivity index (χ1n) is 14.3. The van der Waals surface area contributed by atoms with E-state index in [9.17, 15) is 26.4 Å². The molecule has 9 nitrogen and oxygen atoms in total. The quantitative estimate of drug-likeness (QED) is 0.185. The molecule has 7 rings (SSSR count). The molecular formula is C34H25F3N6O3S. The monoisotopic (exact) mass is 654 g/mol. The summed E-state index contributed by atoms with van der Waals surface area (Å²) < 4.78 is 71.3. The number of carbonyl (C=O) groups excluding carboxylic acids is 1. The van der Waals surface area contributed by atoms with Gasteiger partial charge in [0.05, 0.1) is 44.5 Å². The number of rotatable bonds is 6. The first-order valence-corrected chi connectivity index (χ1v) is 15.8. The fourth-order valence-corrected chi connectivity index (χ4v) is 7.10. The van der Waals surface area contributed by atoms with Gasteiger partial charge in [-0.05, 0) is 79.6 Å². The van der Waals surface area contributed by atoms with Crippen molar-refractivity contribution < 1.29 is 26.4 Å². The van der Waals surface area contributed by atoms with E-state index in [1.807, 2.05) is 13.8 Å². The summed E-state index contributed by atoms with van der Waals surface area (Å²) >= 11 is 0. The second-order valence-corrected chi connectivity index (χ2v) is 13.0. The van der Waals surface area contributed by atoms with Crippen LogP contribution in [0.1, 0.15) is 33.0 Å². The number of anilines is 1. The fourth-order valence-electron chi connectivity index (χ4n) is 5.60. The number of nitrogen functional groups attached to an aromatic ring is 1. The number of hydrogen-bond acceptors (Lipinski definition) is 6. The summed E-state index contributed by atoms with van der Waals surface area (Å²) in [7, 11) is -4.40. The molecule has 0 saturated heterocycles. The summed E-state index contributed by atoms with van der Waals surface area (Å²) in [4.78, 5) is 21.7. The molecule has 3 N–H and O–H groups in total. The van der Waals surface area contributed by atoms with Crippen molar-refractivity contribution in [2.24, 2.45) is 0 Å². The van der Waals surface area contributed by atoms with E-state index in [1.54, 1.807) is 42.5 Å². The van der Waals surface area contributed by atoms with Crippen molar-refractivity contribution in [3.63, 3.8) is 0 Å². The summed E-state index contributed by atoms with van der Waals surface area (Å²) in [5.74, 6) is -0.000201. The highest BCUT2D eigenvalue weighted by Crippen LogP contribution is 2.35. The van der Waals surface area contributed by atoms with Crippen LogP contribution in [0.2, 0.25) is 0 Å². The van der Waals surface area contributed by atoms with Crippen molar-refractivity contribution in [2.75, 3.05) is 5.73 Å². The van der Waals surface area contributed by atoms with Gasteiger partial charge in [-0.2, -0.15) is 18.3 Å². The average Bonchev–Trinajstić information content (AvgIpc) is 3.73. The number of nitrogens with one attached hydrogen (secondary N) is 1. The van der Waals surface area contributed by atoms with E-state index in [4.69, 9.17) is 5.73 Å². The maximum atomic E-state index is 14.2. The molecule has 0 bridgehead atoms. The van der Waals surface area contributed by atoms with Crippen LogP contribution in [-0.4, -0.2) is 37.9 Å². The van der Waals surface area contributed by atoms with Crippen molar-refractivity contribution in [1.29, 1.82) is 0 Å². The van der Waals surface area contributed by atoms with Crippen LogP contribution in [0.15, 0.2) is 102 Å². The number of alkyl halides is 3. The van der Waals surface area contributed by atoms with Gasteiger partial charge in [0.15, 0.2) is 0 Å². The van der Waals surface area contributed by atoms with E-state index >= 15 is 0 Å². The second-order valence-electron chi connectivity index (χ2n) is 11.2. The minimum atomic E-state index is -4.57. The Morgan fingerprint density at radius 2 is 1.64 bits per heavy atom. The van der Waals surface area contributed by atoms with Gasteiger partial charge in [0.1, 0.15) is 17.3 Å². The van der Waals surface area contributed by atoms with Crippen molar-refractivity contribution in [1.82, 2.24) is 23.7 Å². The molecule has 13 heteroatoms. The van der Waals surface area contributed by atoms with Crippen LogP contribution in [0.5, 0.6) is 0 Å². The molecule has 0 radical (unpaired) electrons. The van der Waals surface area contributed by atoms with Gasteiger partial charge in [0.25, 0.3) is 10.0 Å². The standard InChI is InChI=1S/C34H25F3N6O3S/c1-19-6-11-26(12-7-19)47(45,46)43-30-15-22(21-4-3-5-24(14-21)34(35,36)37)8-9-23(30)16-31(43)32(44)27-18-39-42(33(27)38)25-10-13-28-29(17-25)41-20(2)40-28/h3-18H,38H2,1-2H3,(H,40,41). The number of H-pyrrole nitrogens is 1. The summed E-state index contributed by atoms with van der Waals surface area (Å²) in [6.45, 7) is 3.63. The van der Waals surface area contributed by atoms with Crippen LogP contribution in [0.4, 0.5) is 19.0 Å². The lowest BCUT2D eigenvalue weighted by Gasteiger charge is -2.13. The Hall–Kier alpha value is -5.69. The van der Waals surface area contributed by atoms with Gasteiger partial charge in [-0.15, -0.1) is 0 Å². The molecule has 3 heterocycles. The molecule has 47 heavy (non-hydrogen) atoms. The van der Waals surface area contributed by atoms with E-state index in [1.165, 1.54) is 47.3 Å². The number of fused-ring (bicyclic) bond motifs is 2. The minimum Gasteiger partial charge on any atom is -0.383 e. The molecule has 236 valence electrons. The van der Waals surface area contributed by atoms with Crippen LogP contribution < -0.4 is 5.73 Å². The Morgan fingerprint density at radius 3 is 2.38 bits per heavy atom. The maximum absolute atomic E-state index is 14.2. The van der Waals surface area contributed by atoms with Gasteiger partial charge in [-0.1, -0.05) is 42.0 Å². The number of nitrogens with zero attached hydrogens (tertiary/aromatic N) is 4. The number of carbonyl (C=O) groups is 1. The minimum absolute atomic E-state index is 0.0141. The third-order valence-corrected chi connectivity index (χ3v) is 9.70. The van der Waals surface area contributed by atoms with E-state index in [0.29, 0.717) is 16.6 Å². The lowest BCUT2D eigenvalue weighted by Crippen LogP contribution is -2.19. The molecule has 0 amide bonds. The van der Waals surface area contributed by atoms with Crippen LogP contribution in [-0.2, 0) is 16.2 Å². The Kier molecular flexibility index (Phi) is 6.83. The highest BCUT2D eigenvalue weighted by atomic mass is 32.2. The Morgan fingerprint density at radius 1 is 0.894 bits per heavy atom. The molecule has 3 aromatic heterocycles. The number of halogens is 3. The predicted octanol–water partition coefficient (Wildman–Crippen LogP) is 7.06. The zero-order valence-corrected chi connectivity index (χ0v) is 25.7. The Bertz CT molecular complexity index is 2480. The molecule has 0 fully saturated rings. The third-order valence-electron chi connectivity index (χ3n) is 7.95. The van der Waals surface area contributed by atoms with Crippen molar-refractivity contribution in [2.45, 2.75) is 24.9 Å². The SMILES string of the molecule is Cc1ccc(S(=O)(=O)n2c(C(=O)c3cnn(-c4ccc5nc(C)[nH]c5c4)c3N)cc3ccc(-c4cccc(C(F)(F)F)c4)cc32)cc1. The first-order chi connectivity index (χ1) is 22.3. The smallest absolute Gasteiger partial charge is 0.383 e. The van der Waals surface area contributed by atoms with Gasteiger partial charge in [-0.25, -0.2) is 22.1 Å². The van der Waals surface area contributed by atoms with E-state index in [2.05, 4.69) is 15.1 Å². The summed E-state index contributed by atoms with van der Waals surface area (Å²) in [6, 6.07) is 22.2. The predicted molar refractivity (Wildman–Crippen MR) is 172 cm³/mol. The zero-order chi connectivity index (χ0) is 33.2. The molecule has 0 aliphatic rings. The van der Waals surface area contributed by atoms with Gasteiger partial charge in [-0.3, -0.25) is 4.79 Å². The largest absolute Gasteiger partial charge is 0.416 e. The highest BCUT2D eigenvalue weighted by Gasteiger charge is 2.32. The van der Waals surface area contributed by atoms with E-state index in [-0.39, 0.29) is 33.1 Å². The van der Waals surface area contributed by atoms with Crippen LogP contribution in [0.25, 0.3) is 38.8 Å². The number of nitrogens with two attached hydrogens (primary N) is 1. The number of imidazole rings is 1. The molecule has 0 aliphatic heterocycles.